The molecular weight excluding hydrogens is 200 g/mol. The Morgan fingerprint density at radius 2 is 2.13 bits per heavy atom. The Morgan fingerprint density at radius 1 is 1.40 bits per heavy atom. The van der Waals surface area contributed by atoms with Crippen LogP contribution >= 0.6 is 0 Å². The number of carboxylic acid groups (broad SMARTS) is 1. The van der Waals surface area contributed by atoms with Crippen LogP contribution in [0, 0.1) is 0 Å². The van der Waals surface area contributed by atoms with E-state index in [4.69, 9.17) is 9.84 Å². The van der Waals surface area contributed by atoms with Crippen molar-refractivity contribution < 1.29 is 19.4 Å². The Morgan fingerprint density at radius 3 is 2.73 bits per heavy atom. The van der Waals surface area contributed by atoms with Crippen molar-refractivity contribution in [1.82, 2.24) is 10.6 Å². The Balaban J connectivity index is 1.85. The third-order valence-electron chi connectivity index (χ3n) is 1.92. The van der Waals surface area contributed by atoms with E-state index in [1.54, 1.807) is 0 Å². The molecule has 1 aliphatic carbocycles. The van der Waals surface area contributed by atoms with Gasteiger partial charge < -0.3 is 20.5 Å². The number of carbonyl (C=O) groups is 2. The van der Waals surface area contributed by atoms with Crippen LogP contribution < -0.4 is 10.6 Å². The monoisotopic (exact) mass is 216 g/mol. The fraction of sp³-hybridized carbons (Fsp3) is 0.778. The molecule has 0 spiro atoms. The Bertz CT molecular complexity index is 228. The summed E-state index contributed by atoms with van der Waals surface area (Å²) in [7, 11) is 0. The van der Waals surface area contributed by atoms with E-state index >= 15 is 0 Å². The van der Waals surface area contributed by atoms with E-state index in [9.17, 15) is 9.59 Å². The number of hydrogen-bond donors (Lipinski definition) is 3. The van der Waals surface area contributed by atoms with Gasteiger partial charge in [-0.25, -0.2) is 4.79 Å². The first-order valence-corrected chi connectivity index (χ1v) is 4.98. The number of carbonyl (C=O) groups excluding carboxylic acids is 1. The zero-order valence-electron chi connectivity index (χ0n) is 8.49. The average Bonchev–Trinajstić information content (AvgIpc) is 2.97. The van der Waals surface area contributed by atoms with Gasteiger partial charge in [0.1, 0.15) is 6.61 Å². The van der Waals surface area contributed by atoms with Gasteiger partial charge in [-0.15, -0.1) is 0 Å². The summed E-state index contributed by atoms with van der Waals surface area (Å²) in [6.45, 7) is 0.569. The Hall–Kier alpha value is -1.14. The maximum Gasteiger partial charge on any atom is 0.329 e. The lowest BCUT2D eigenvalue weighted by molar-refractivity contribution is -0.142. The van der Waals surface area contributed by atoms with Crippen molar-refractivity contribution in [2.75, 3.05) is 26.3 Å². The summed E-state index contributed by atoms with van der Waals surface area (Å²) in [5.74, 6) is -1.09. The predicted molar refractivity (Wildman–Crippen MR) is 52.5 cm³/mol. The van der Waals surface area contributed by atoms with E-state index in [1.165, 1.54) is 0 Å². The molecule has 0 unspecified atom stereocenters. The minimum atomic E-state index is -1.00. The standard InChI is InChI=1S/C9H16N2O4/c12-8(5-11-7-1-2-7)10-3-4-15-6-9(13)14/h7,11H,1-6H2,(H,10,12)(H,13,14). The molecule has 0 aromatic rings. The van der Waals surface area contributed by atoms with Crippen LogP contribution in [-0.4, -0.2) is 49.3 Å². The molecule has 1 amide bonds. The zero-order chi connectivity index (χ0) is 11.1. The van der Waals surface area contributed by atoms with Crippen molar-refractivity contribution in [2.24, 2.45) is 0 Å². The molecule has 0 bridgehead atoms. The zero-order valence-corrected chi connectivity index (χ0v) is 8.49. The first-order valence-electron chi connectivity index (χ1n) is 4.98. The molecule has 0 radical (unpaired) electrons. The fourth-order valence-corrected chi connectivity index (χ4v) is 1.01. The number of rotatable bonds is 8. The molecule has 1 aliphatic rings. The quantitative estimate of drug-likeness (QED) is 0.451. The van der Waals surface area contributed by atoms with Crippen LogP contribution in [0.5, 0.6) is 0 Å². The Labute approximate surface area is 88.0 Å². The van der Waals surface area contributed by atoms with Crippen LogP contribution in [0.1, 0.15) is 12.8 Å². The summed E-state index contributed by atoms with van der Waals surface area (Å²) in [5.41, 5.74) is 0. The Kier molecular flexibility index (Phi) is 5.06. The van der Waals surface area contributed by atoms with Gasteiger partial charge in [-0.05, 0) is 12.8 Å². The van der Waals surface area contributed by atoms with Gasteiger partial charge in [0.15, 0.2) is 0 Å². The van der Waals surface area contributed by atoms with Gasteiger partial charge >= 0.3 is 5.97 Å². The van der Waals surface area contributed by atoms with Gasteiger partial charge in [0.2, 0.25) is 5.91 Å². The summed E-state index contributed by atoms with van der Waals surface area (Å²) in [5, 5.41) is 13.9. The lowest BCUT2D eigenvalue weighted by Crippen LogP contribution is -2.36. The highest BCUT2D eigenvalue weighted by molar-refractivity contribution is 5.78. The summed E-state index contributed by atoms with van der Waals surface area (Å²) in [6.07, 6.45) is 2.30. The van der Waals surface area contributed by atoms with Gasteiger partial charge in [0.25, 0.3) is 0 Å². The molecule has 3 N–H and O–H groups in total. The van der Waals surface area contributed by atoms with E-state index in [1.807, 2.05) is 0 Å². The molecule has 6 heteroatoms. The summed E-state index contributed by atoms with van der Waals surface area (Å²) in [6, 6.07) is 0.513. The number of carboxylic acids is 1. The molecule has 1 fully saturated rings. The second-order valence-electron chi connectivity index (χ2n) is 3.45. The predicted octanol–water partition coefficient (Wildman–Crippen LogP) is -1.04. The molecule has 0 atom stereocenters. The molecule has 0 aromatic heterocycles. The summed E-state index contributed by atoms with van der Waals surface area (Å²) >= 11 is 0. The minimum absolute atomic E-state index is 0.0826. The van der Waals surface area contributed by atoms with Crippen molar-refractivity contribution in [1.29, 1.82) is 0 Å². The van der Waals surface area contributed by atoms with Gasteiger partial charge in [0, 0.05) is 12.6 Å². The number of nitrogens with one attached hydrogen (secondary N) is 2. The van der Waals surface area contributed by atoms with E-state index < -0.39 is 5.97 Å². The summed E-state index contributed by atoms with van der Waals surface area (Å²) in [4.78, 5) is 21.2. The van der Waals surface area contributed by atoms with Crippen LogP contribution in [0.15, 0.2) is 0 Å². The van der Waals surface area contributed by atoms with Crippen molar-refractivity contribution >= 4 is 11.9 Å². The van der Waals surface area contributed by atoms with E-state index in [-0.39, 0.29) is 19.1 Å². The molecule has 6 nitrogen and oxygen atoms in total. The highest BCUT2D eigenvalue weighted by Gasteiger charge is 2.20. The largest absolute Gasteiger partial charge is 0.480 e. The maximum absolute atomic E-state index is 11.1. The van der Waals surface area contributed by atoms with Crippen molar-refractivity contribution in [2.45, 2.75) is 18.9 Å². The van der Waals surface area contributed by atoms with Crippen LogP contribution in [0.2, 0.25) is 0 Å². The molecule has 0 aliphatic heterocycles. The number of hydrogen-bond acceptors (Lipinski definition) is 4. The van der Waals surface area contributed by atoms with E-state index in [0.717, 1.165) is 12.8 Å². The topological polar surface area (TPSA) is 87.7 Å². The first kappa shape index (κ1) is 11.9. The minimum Gasteiger partial charge on any atom is -0.480 e. The molecule has 86 valence electrons. The second kappa shape index (κ2) is 6.36. The molecule has 1 rings (SSSR count). The fourth-order valence-electron chi connectivity index (χ4n) is 1.01. The smallest absolute Gasteiger partial charge is 0.329 e. The van der Waals surface area contributed by atoms with Crippen molar-refractivity contribution in [3.05, 3.63) is 0 Å². The lowest BCUT2D eigenvalue weighted by Gasteiger charge is -2.05. The lowest BCUT2D eigenvalue weighted by atomic mass is 10.5. The SMILES string of the molecule is O=C(O)COCCNC(=O)CNC1CC1. The average molecular weight is 216 g/mol. The van der Waals surface area contributed by atoms with Gasteiger partial charge in [-0.2, -0.15) is 0 Å². The third kappa shape index (κ3) is 6.87. The third-order valence-corrected chi connectivity index (χ3v) is 1.92. The normalized spacial score (nSPS) is 14.9. The molecule has 0 heterocycles. The molecule has 0 aromatic carbocycles. The molecule has 15 heavy (non-hydrogen) atoms. The van der Waals surface area contributed by atoms with Crippen LogP contribution in [0.3, 0.4) is 0 Å². The van der Waals surface area contributed by atoms with Crippen LogP contribution in [0.25, 0.3) is 0 Å². The molecule has 1 saturated carbocycles. The number of ether oxygens (including phenoxy) is 1. The first-order chi connectivity index (χ1) is 7.18. The van der Waals surface area contributed by atoms with Gasteiger partial charge in [-0.3, -0.25) is 4.79 Å². The number of amides is 1. The summed E-state index contributed by atoms with van der Waals surface area (Å²) < 4.78 is 4.75. The highest BCUT2D eigenvalue weighted by Crippen LogP contribution is 2.17. The highest BCUT2D eigenvalue weighted by atomic mass is 16.5. The van der Waals surface area contributed by atoms with Crippen molar-refractivity contribution in [3.63, 3.8) is 0 Å². The van der Waals surface area contributed by atoms with Gasteiger partial charge in [-0.1, -0.05) is 0 Å². The second-order valence-corrected chi connectivity index (χ2v) is 3.45. The van der Waals surface area contributed by atoms with Crippen LogP contribution in [0.4, 0.5) is 0 Å². The molecule has 0 saturated heterocycles. The molecular formula is C9H16N2O4. The van der Waals surface area contributed by atoms with Gasteiger partial charge in [0.05, 0.1) is 13.2 Å². The van der Waals surface area contributed by atoms with E-state index in [0.29, 0.717) is 19.1 Å². The maximum atomic E-state index is 11.1. The van der Waals surface area contributed by atoms with Crippen LogP contribution in [-0.2, 0) is 14.3 Å². The number of aliphatic carboxylic acids is 1. The van der Waals surface area contributed by atoms with Crippen molar-refractivity contribution in [3.8, 4) is 0 Å². The van der Waals surface area contributed by atoms with E-state index in [2.05, 4.69) is 10.6 Å².